The van der Waals surface area contributed by atoms with E-state index in [0.717, 1.165) is 29.4 Å². The Kier molecular flexibility index (Phi) is 4.85. The van der Waals surface area contributed by atoms with E-state index >= 15 is 0 Å². The lowest BCUT2D eigenvalue weighted by Crippen LogP contribution is -2.31. The lowest BCUT2D eigenvalue weighted by atomic mass is 10.1. The van der Waals surface area contributed by atoms with Crippen molar-refractivity contribution in [2.75, 3.05) is 6.54 Å². The summed E-state index contributed by atoms with van der Waals surface area (Å²) in [5.41, 5.74) is 2.10. The Bertz CT molecular complexity index is 1180. The number of rotatable bonds is 5. The normalized spacial score (nSPS) is 16.1. The Morgan fingerprint density at radius 1 is 1.13 bits per heavy atom. The van der Waals surface area contributed by atoms with Crippen LogP contribution < -0.4 is 4.74 Å². The van der Waals surface area contributed by atoms with E-state index < -0.39 is 0 Å². The number of amides is 1. The Morgan fingerprint density at radius 2 is 2.07 bits per heavy atom. The molecule has 1 fully saturated rings. The molecule has 7 heteroatoms. The minimum absolute atomic E-state index is 0.0266. The summed E-state index contributed by atoms with van der Waals surface area (Å²) in [6.45, 7) is 0.826. The molecule has 1 amide bonds. The van der Waals surface area contributed by atoms with Crippen LogP contribution in [-0.2, 0) is 6.61 Å². The highest BCUT2D eigenvalue weighted by Gasteiger charge is 2.32. The minimum Gasteiger partial charge on any atom is -0.484 e. The quantitative estimate of drug-likeness (QED) is 0.500. The molecule has 1 atom stereocenters. The molecule has 5 rings (SSSR count). The average Bonchev–Trinajstić information content (AvgIpc) is 3.48. The van der Waals surface area contributed by atoms with Crippen molar-refractivity contribution in [1.29, 1.82) is 0 Å². The zero-order valence-electron chi connectivity index (χ0n) is 16.3. The van der Waals surface area contributed by atoms with Crippen LogP contribution in [0.15, 0.2) is 71.6 Å². The molecular weight excluding hydrogens is 380 g/mol. The SMILES string of the molecule is O=C(c1coc(COc2ccc3ncccc3c2)n1)N1CCC[C@@H]1c1ccccn1. The van der Waals surface area contributed by atoms with Crippen molar-refractivity contribution in [2.24, 2.45) is 0 Å². The van der Waals surface area contributed by atoms with Crippen LogP contribution in [0.25, 0.3) is 10.9 Å². The molecule has 4 heterocycles. The van der Waals surface area contributed by atoms with Gasteiger partial charge in [0.1, 0.15) is 12.0 Å². The molecule has 1 aromatic carbocycles. The molecule has 150 valence electrons. The van der Waals surface area contributed by atoms with Crippen molar-refractivity contribution in [3.63, 3.8) is 0 Å². The van der Waals surface area contributed by atoms with Gasteiger partial charge in [-0.15, -0.1) is 0 Å². The standard InChI is InChI=1S/C23H20N4O3/c28-23(27-12-4-7-21(27)19-6-1-2-10-25-19)20-14-30-22(26-20)15-29-17-8-9-18-16(13-17)5-3-11-24-18/h1-3,5-6,8-11,13-14,21H,4,7,12,15H2/t21-/m1/s1. The number of benzene rings is 1. The van der Waals surface area contributed by atoms with E-state index in [-0.39, 0.29) is 18.6 Å². The van der Waals surface area contributed by atoms with Gasteiger partial charge in [-0.2, -0.15) is 0 Å². The second kappa shape index (κ2) is 7.94. The Hall–Kier alpha value is -3.74. The molecule has 0 saturated carbocycles. The number of hydrogen-bond donors (Lipinski definition) is 0. The summed E-state index contributed by atoms with van der Waals surface area (Å²) in [7, 11) is 0. The van der Waals surface area contributed by atoms with E-state index in [9.17, 15) is 4.79 Å². The maximum atomic E-state index is 13.0. The van der Waals surface area contributed by atoms with E-state index in [1.54, 1.807) is 12.4 Å². The summed E-state index contributed by atoms with van der Waals surface area (Å²) in [6, 6.07) is 15.3. The summed E-state index contributed by atoms with van der Waals surface area (Å²) in [4.78, 5) is 27.9. The maximum Gasteiger partial charge on any atom is 0.276 e. The van der Waals surface area contributed by atoms with Gasteiger partial charge in [0, 0.05) is 24.3 Å². The molecule has 0 aliphatic carbocycles. The van der Waals surface area contributed by atoms with Crippen molar-refractivity contribution in [1.82, 2.24) is 19.9 Å². The van der Waals surface area contributed by atoms with Gasteiger partial charge in [-0.05, 0) is 49.2 Å². The highest BCUT2D eigenvalue weighted by molar-refractivity contribution is 5.92. The van der Waals surface area contributed by atoms with Gasteiger partial charge in [0.15, 0.2) is 12.3 Å². The molecular formula is C23H20N4O3. The summed E-state index contributed by atoms with van der Waals surface area (Å²) < 4.78 is 11.3. The number of carbonyl (C=O) groups is 1. The maximum absolute atomic E-state index is 13.0. The molecule has 7 nitrogen and oxygen atoms in total. The monoisotopic (exact) mass is 400 g/mol. The number of pyridine rings is 2. The van der Waals surface area contributed by atoms with Crippen molar-refractivity contribution in [3.8, 4) is 5.75 Å². The van der Waals surface area contributed by atoms with Crippen molar-refractivity contribution in [3.05, 3.63) is 84.5 Å². The predicted molar refractivity (Wildman–Crippen MR) is 110 cm³/mol. The lowest BCUT2D eigenvalue weighted by Gasteiger charge is -2.23. The van der Waals surface area contributed by atoms with E-state index in [2.05, 4.69) is 15.0 Å². The highest BCUT2D eigenvalue weighted by atomic mass is 16.5. The van der Waals surface area contributed by atoms with Crippen molar-refractivity contribution < 1.29 is 13.9 Å². The van der Waals surface area contributed by atoms with Crippen LogP contribution in [0.2, 0.25) is 0 Å². The minimum atomic E-state index is -0.144. The largest absolute Gasteiger partial charge is 0.484 e. The Morgan fingerprint density at radius 3 is 2.97 bits per heavy atom. The molecule has 3 aromatic heterocycles. The number of oxazole rings is 1. The molecule has 30 heavy (non-hydrogen) atoms. The molecule has 0 N–H and O–H groups in total. The summed E-state index contributed by atoms with van der Waals surface area (Å²) in [5, 5.41) is 0.993. The number of fused-ring (bicyclic) bond motifs is 1. The molecule has 1 aliphatic rings. The Labute approximate surface area is 173 Å². The van der Waals surface area contributed by atoms with Gasteiger partial charge < -0.3 is 14.1 Å². The van der Waals surface area contributed by atoms with E-state index in [1.165, 1.54) is 6.26 Å². The highest BCUT2D eigenvalue weighted by Crippen LogP contribution is 2.31. The zero-order valence-corrected chi connectivity index (χ0v) is 16.3. The third-order valence-electron chi connectivity index (χ3n) is 5.25. The van der Waals surface area contributed by atoms with Crippen LogP contribution in [-0.4, -0.2) is 32.3 Å². The summed E-state index contributed by atoms with van der Waals surface area (Å²) >= 11 is 0. The van der Waals surface area contributed by atoms with Gasteiger partial charge in [0.2, 0.25) is 5.89 Å². The number of hydrogen-bond acceptors (Lipinski definition) is 6. The third-order valence-corrected chi connectivity index (χ3v) is 5.25. The molecule has 0 spiro atoms. The lowest BCUT2D eigenvalue weighted by molar-refractivity contribution is 0.0727. The summed E-state index contributed by atoms with van der Waals surface area (Å²) in [6.07, 6.45) is 6.75. The van der Waals surface area contributed by atoms with Gasteiger partial charge >= 0.3 is 0 Å². The molecule has 1 aliphatic heterocycles. The van der Waals surface area contributed by atoms with E-state index in [1.807, 2.05) is 53.4 Å². The van der Waals surface area contributed by atoms with Crippen LogP contribution in [0, 0.1) is 0 Å². The van der Waals surface area contributed by atoms with E-state index in [0.29, 0.717) is 23.9 Å². The van der Waals surface area contributed by atoms with Gasteiger partial charge in [-0.3, -0.25) is 14.8 Å². The van der Waals surface area contributed by atoms with Gasteiger partial charge in [-0.25, -0.2) is 4.98 Å². The summed E-state index contributed by atoms with van der Waals surface area (Å²) in [5.74, 6) is 0.907. The fourth-order valence-electron chi connectivity index (χ4n) is 3.80. The average molecular weight is 400 g/mol. The first-order valence-corrected chi connectivity index (χ1v) is 9.92. The number of likely N-dealkylation sites (tertiary alicyclic amines) is 1. The van der Waals surface area contributed by atoms with Crippen LogP contribution in [0.3, 0.4) is 0 Å². The van der Waals surface area contributed by atoms with Crippen LogP contribution in [0.1, 0.15) is 41.0 Å². The molecule has 4 aromatic rings. The molecule has 0 bridgehead atoms. The number of ether oxygens (including phenoxy) is 1. The molecule has 1 saturated heterocycles. The number of aromatic nitrogens is 3. The van der Waals surface area contributed by atoms with Crippen molar-refractivity contribution >= 4 is 16.8 Å². The van der Waals surface area contributed by atoms with Gasteiger partial charge in [0.25, 0.3) is 5.91 Å². The second-order valence-corrected chi connectivity index (χ2v) is 7.18. The third kappa shape index (κ3) is 3.61. The fourth-order valence-corrected chi connectivity index (χ4v) is 3.80. The van der Waals surface area contributed by atoms with Crippen LogP contribution in [0.5, 0.6) is 5.75 Å². The molecule has 0 unspecified atom stereocenters. The predicted octanol–water partition coefficient (Wildman–Crippen LogP) is 4.17. The van der Waals surface area contributed by atoms with Gasteiger partial charge in [-0.1, -0.05) is 12.1 Å². The van der Waals surface area contributed by atoms with Crippen LogP contribution in [0.4, 0.5) is 0 Å². The fraction of sp³-hybridized carbons (Fsp3) is 0.217. The number of carbonyl (C=O) groups excluding carboxylic acids is 1. The smallest absolute Gasteiger partial charge is 0.276 e. The van der Waals surface area contributed by atoms with Crippen molar-refractivity contribution in [2.45, 2.75) is 25.5 Å². The topological polar surface area (TPSA) is 81.3 Å². The molecule has 0 radical (unpaired) electrons. The first-order chi connectivity index (χ1) is 14.8. The van der Waals surface area contributed by atoms with Crippen LogP contribution >= 0.6 is 0 Å². The van der Waals surface area contributed by atoms with Gasteiger partial charge in [0.05, 0.1) is 17.3 Å². The first kappa shape index (κ1) is 18.3. The second-order valence-electron chi connectivity index (χ2n) is 7.18. The zero-order chi connectivity index (χ0) is 20.3. The van der Waals surface area contributed by atoms with E-state index in [4.69, 9.17) is 9.15 Å². The Balaban J connectivity index is 1.27. The number of nitrogens with zero attached hydrogens (tertiary/aromatic N) is 4. The first-order valence-electron chi connectivity index (χ1n) is 9.92.